The standard InChI is InChI=1S/C16H13ClF3N5OS/c1-10-22-23-15(25(10)24-6-2-3-7-24)27-9-14(26)21-11-4-5-13(17)12(8-11)16(18,19)20/h2-8H,9H2,1H3,(H,21,26). The van der Waals surface area contributed by atoms with Crippen LogP contribution in [0.1, 0.15) is 11.4 Å². The Bertz CT molecular complexity index is 956. The SMILES string of the molecule is Cc1nnc(SCC(=O)Nc2ccc(Cl)c(C(F)(F)F)c2)n1-n1cccc1. The summed E-state index contributed by atoms with van der Waals surface area (Å²) in [7, 11) is 0. The van der Waals surface area contributed by atoms with Crippen LogP contribution in [0.4, 0.5) is 18.9 Å². The van der Waals surface area contributed by atoms with Gasteiger partial charge >= 0.3 is 6.18 Å². The number of carbonyl (C=O) groups is 1. The van der Waals surface area contributed by atoms with Crippen molar-refractivity contribution in [1.82, 2.24) is 19.5 Å². The fourth-order valence-electron chi connectivity index (χ4n) is 2.30. The summed E-state index contributed by atoms with van der Waals surface area (Å²) in [6.07, 6.45) is -1.00. The lowest BCUT2D eigenvalue weighted by atomic mass is 10.2. The highest BCUT2D eigenvalue weighted by Crippen LogP contribution is 2.36. The van der Waals surface area contributed by atoms with Crippen molar-refractivity contribution in [3.63, 3.8) is 0 Å². The maximum Gasteiger partial charge on any atom is 0.417 e. The molecule has 1 aromatic carbocycles. The minimum Gasteiger partial charge on any atom is -0.325 e. The minimum atomic E-state index is -4.60. The van der Waals surface area contributed by atoms with Crippen LogP contribution in [-0.4, -0.2) is 31.2 Å². The van der Waals surface area contributed by atoms with Crippen molar-refractivity contribution in [3.05, 3.63) is 59.1 Å². The molecule has 3 aromatic rings. The average Bonchev–Trinajstić information content (AvgIpc) is 3.23. The molecule has 3 rings (SSSR count). The van der Waals surface area contributed by atoms with Gasteiger partial charge in [-0.15, -0.1) is 10.2 Å². The summed E-state index contributed by atoms with van der Waals surface area (Å²) in [4.78, 5) is 12.1. The molecule has 2 heterocycles. The molecule has 0 fully saturated rings. The van der Waals surface area contributed by atoms with E-state index in [1.54, 1.807) is 28.7 Å². The highest BCUT2D eigenvalue weighted by molar-refractivity contribution is 7.99. The van der Waals surface area contributed by atoms with Gasteiger partial charge < -0.3 is 5.32 Å². The fourth-order valence-corrected chi connectivity index (χ4v) is 3.30. The summed E-state index contributed by atoms with van der Waals surface area (Å²) in [5.74, 6) is 0.0976. The van der Waals surface area contributed by atoms with Gasteiger partial charge in [-0.3, -0.25) is 9.47 Å². The van der Waals surface area contributed by atoms with E-state index in [2.05, 4.69) is 15.5 Å². The molecule has 0 saturated carbocycles. The Kier molecular flexibility index (Phi) is 5.47. The van der Waals surface area contributed by atoms with Gasteiger partial charge in [-0.25, -0.2) is 4.68 Å². The number of benzene rings is 1. The average molecular weight is 416 g/mol. The van der Waals surface area contributed by atoms with Crippen molar-refractivity contribution in [2.45, 2.75) is 18.3 Å². The first kappa shape index (κ1) is 19.3. The number of nitrogens with one attached hydrogen (secondary N) is 1. The Morgan fingerprint density at radius 3 is 2.63 bits per heavy atom. The van der Waals surface area contributed by atoms with Gasteiger partial charge in [-0.05, 0) is 37.3 Å². The predicted molar refractivity (Wildman–Crippen MR) is 95.8 cm³/mol. The number of hydrogen-bond donors (Lipinski definition) is 1. The van der Waals surface area contributed by atoms with E-state index in [0.29, 0.717) is 11.0 Å². The molecule has 142 valence electrons. The Labute approximate surface area is 161 Å². The van der Waals surface area contributed by atoms with Gasteiger partial charge in [0.25, 0.3) is 0 Å². The largest absolute Gasteiger partial charge is 0.417 e. The van der Waals surface area contributed by atoms with E-state index in [9.17, 15) is 18.0 Å². The number of carbonyl (C=O) groups excluding carboxylic acids is 1. The smallest absolute Gasteiger partial charge is 0.325 e. The van der Waals surface area contributed by atoms with Gasteiger partial charge in [0.15, 0.2) is 5.82 Å². The molecule has 0 spiro atoms. The number of nitrogens with zero attached hydrogens (tertiary/aromatic N) is 4. The lowest BCUT2D eigenvalue weighted by molar-refractivity contribution is -0.137. The van der Waals surface area contributed by atoms with Gasteiger partial charge in [0, 0.05) is 18.1 Å². The van der Waals surface area contributed by atoms with Crippen LogP contribution in [0, 0.1) is 6.92 Å². The van der Waals surface area contributed by atoms with Crippen LogP contribution in [0.25, 0.3) is 0 Å². The first-order chi connectivity index (χ1) is 12.8. The van der Waals surface area contributed by atoms with Crippen LogP contribution in [0.5, 0.6) is 0 Å². The van der Waals surface area contributed by atoms with Crippen molar-refractivity contribution < 1.29 is 18.0 Å². The Morgan fingerprint density at radius 2 is 1.96 bits per heavy atom. The summed E-state index contributed by atoms with van der Waals surface area (Å²) >= 11 is 6.68. The normalized spacial score (nSPS) is 11.6. The highest BCUT2D eigenvalue weighted by atomic mass is 35.5. The molecule has 0 atom stereocenters. The van der Waals surface area contributed by atoms with Crippen molar-refractivity contribution in [2.24, 2.45) is 0 Å². The number of anilines is 1. The number of hydrogen-bond acceptors (Lipinski definition) is 4. The molecule has 0 radical (unpaired) electrons. The summed E-state index contributed by atoms with van der Waals surface area (Å²) in [5, 5.41) is 10.5. The summed E-state index contributed by atoms with van der Waals surface area (Å²) in [6.45, 7) is 1.77. The third kappa shape index (κ3) is 4.45. The second-order valence-corrected chi connectivity index (χ2v) is 6.78. The van der Waals surface area contributed by atoms with Crippen LogP contribution in [0.2, 0.25) is 5.02 Å². The molecule has 0 aliphatic heterocycles. The number of aromatic nitrogens is 4. The summed E-state index contributed by atoms with van der Waals surface area (Å²) in [5.41, 5.74) is -0.988. The van der Waals surface area contributed by atoms with Crippen LogP contribution in [-0.2, 0) is 11.0 Å². The van der Waals surface area contributed by atoms with Gasteiger partial charge in [-0.2, -0.15) is 13.2 Å². The third-order valence-corrected chi connectivity index (χ3v) is 4.72. The first-order valence-electron chi connectivity index (χ1n) is 7.61. The predicted octanol–water partition coefficient (Wildman–Crippen LogP) is 4.10. The van der Waals surface area contributed by atoms with E-state index < -0.39 is 22.7 Å². The van der Waals surface area contributed by atoms with Crippen molar-refractivity contribution >= 4 is 35.0 Å². The molecule has 0 saturated heterocycles. The third-order valence-electron chi connectivity index (χ3n) is 3.48. The minimum absolute atomic E-state index is 0.0142. The molecule has 6 nitrogen and oxygen atoms in total. The number of halogens is 4. The summed E-state index contributed by atoms with van der Waals surface area (Å²) in [6, 6.07) is 6.88. The van der Waals surface area contributed by atoms with Gasteiger partial charge in [0.2, 0.25) is 11.1 Å². The van der Waals surface area contributed by atoms with E-state index in [1.807, 2.05) is 12.1 Å². The molecule has 0 aliphatic rings. The first-order valence-corrected chi connectivity index (χ1v) is 8.97. The molecule has 0 aliphatic carbocycles. The van der Waals surface area contributed by atoms with Gasteiger partial charge in [0.05, 0.1) is 16.3 Å². The molecule has 1 amide bonds. The molecule has 11 heteroatoms. The van der Waals surface area contributed by atoms with Gasteiger partial charge in [0.1, 0.15) is 0 Å². The van der Waals surface area contributed by atoms with Crippen LogP contribution >= 0.6 is 23.4 Å². The van der Waals surface area contributed by atoms with E-state index in [0.717, 1.165) is 23.9 Å². The molecular formula is C16H13ClF3N5OS. The van der Waals surface area contributed by atoms with E-state index in [1.165, 1.54) is 6.07 Å². The number of rotatable bonds is 5. The second kappa shape index (κ2) is 7.65. The number of aryl methyl sites for hydroxylation is 1. The molecule has 27 heavy (non-hydrogen) atoms. The van der Waals surface area contributed by atoms with Crippen LogP contribution in [0.3, 0.4) is 0 Å². The zero-order chi connectivity index (χ0) is 19.6. The molecule has 0 unspecified atom stereocenters. The monoisotopic (exact) mass is 415 g/mol. The summed E-state index contributed by atoms with van der Waals surface area (Å²) < 4.78 is 42.2. The molecule has 0 bridgehead atoms. The van der Waals surface area contributed by atoms with Gasteiger partial charge in [-0.1, -0.05) is 23.4 Å². The quantitative estimate of drug-likeness (QED) is 0.637. The van der Waals surface area contributed by atoms with Crippen molar-refractivity contribution in [2.75, 3.05) is 11.1 Å². The van der Waals surface area contributed by atoms with Crippen molar-refractivity contribution in [3.8, 4) is 0 Å². The zero-order valence-corrected chi connectivity index (χ0v) is 15.4. The maximum atomic E-state index is 12.9. The lowest BCUT2D eigenvalue weighted by Gasteiger charge is -2.12. The Morgan fingerprint density at radius 1 is 1.26 bits per heavy atom. The topological polar surface area (TPSA) is 64.7 Å². The fraction of sp³-hybridized carbons (Fsp3) is 0.188. The molecule has 2 aromatic heterocycles. The van der Waals surface area contributed by atoms with E-state index in [4.69, 9.17) is 11.6 Å². The maximum absolute atomic E-state index is 12.9. The second-order valence-electron chi connectivity index (χ2n) is 5.43. The van der Waals surface area contributed by atoms with E-state index >= 15 is 0 Å². The van der Waals surface area contributed by atoms with Crippen LogP contribution < -0.4 is 5.32 Å². The Hall–Kier alpha value is -2.46. The zero-order valence-electron chi connectivity index (χ0n) is 13.9. The molecule has 1 N–H and O–H groups in total. The number of alkyl halides is 3. The number of thioether (sulfide) groups is 1. The highest BCUT2D eigenvalue weighted by Gasteiger charge is 2.33. The lowest BCUT2D eigenvalue weighted by Crippen LogP contribution is -2.16. The van der Waals surface area contributed by atoms with Crippen molar-refractivity contribution in [1.29, 1.82) is 0 Å². The van der Waals surface area contributed by atoms with E-state index in [-0.39, 0.29) is 11.4 Å². The number of amides is 1. The Balaban J connectivity index is 1.68. The van der Waals surface area contributed by atoms with Crippen LogP contribution in [0.15, 0.2) is 47.9 Å². The molecular weight excluding hydrogens is 403 g/mol.